The van der Waals surface area contributed by atoms with Gasteiger partial charge in [-0.1, -0.05) is 0 Å². The maximum atomic E-state index is 6.51. The molecule has 2 aromatic rings. The number of hydrogen-bond donors (Lipinski definition) is 2. The zero-order valence-electron chi connectivity index (χ0n) is 14.1. The number of anilines is 2. The third-order valence-electron chi connectivity index (χ3n) is 3.03. The lowest BCUT2D eigenvalue weighted by molar-refractivity contribution is 0.546. The van der Waals surface area contributed by atoms with Gasteiger partial charge in [-0.2, -0.15) is 0 Å². The quantitative estimate of drug-likeness (QED) is 0.708. The Labute approximate surface area is 139 Å². The number of nitrogens with zero attached hydrogens (tertiary/aromatic N) is 4. The van der Waals surface area contributed by atoms with E-state index in [1.165, 1.54) is 0 Å². The van der Waals surface area contributed by atoms with Crippen LogP contribution >= 0.6 is 0 Å². The van der Waals surface area contributed by atoms with Crippen LogP contribution in [0.5, 0.6) is 0 Å². The Balaban J connectivity index is 1.84. The van der Waals surface area contributed by atoms with Gasteiger partial charge in [0.15, 0.2) is 16.6 Å². The van der Waals surface area contributed by atoms with Crippen LogP contribution in [0.2, 0.25) is 26.2 Å². The van der Waals surface area contributed by atoms with Crippen molar-refractivity contribution in [2.45, 2.75) is 26.2 Å². The predicted molar refractivity (Wildman–Crippen MR) is 97.1 cm³/mol. The first-order chi connectivity index (χ1) is 10.9. The molecule has 0 saturated heterocycles. The summed E-state index contributed by atoms with van der Waals surface area (Å²) in [7, 11) is -3.74. The van der Waals surface area contributed by atoms with Gasteiger partial charge in [0.2, 0.25) is 11.9 Å². The van der Waals surface area contributed by atoms with Crippen LogP contribution in [-0.2, 0) is 4.12 Å². The molecule has 2 aromatic heterocycles. The predicted octanol–water partition coefficient (Wildman–Crippen LogP) is 2.30. The van der Waals surface area contributed by atoms with Gasteiger partial charge in [-0.25, -0.2) is 19.9 Å². The molecular weight excluding hydrogens is 324 g/mol. The summed E-state index contributed by atoms with van der Waals surface area (Å²) < 4.78 is 6.51. The maximum Gasteiger partial charge on any atom is 0.222 e. The van der Waals surface area contributed by atoms with Crippen LogP contribution < -0.4 is 10.6 Å². The summed E-state index contributed by atoms with van der Waals surface area (Å²) in [6.07, 6.45) is 8.46. The average Bonchev–Trinajstić information content (AvgIpc) is 2.52. The second-order valence-corrected chi connectivity index (χ2v) is 15.0. The highest BCUT2D eigenvalue weighted by atomic mass is 28.4. The van der Waals surface area contributed by atoms with Gasteiger partial charge in [-0.3, -0.25) is 0 Å². The Kier molecular flexibility index (Phi) is 5.80. The number of aromatic nitrogens is 4. The Hall–Kier alpha value is -1.85. The monoisotopic (exact) mass is 348 g/mol. The second-order valence-electron chi connectivity index (χ2n) is 6.47. The molecule has 0 bridgehead atoms. The largest absolute Gasteiger partial charge is 0.453 e. The van der Waals surface area contributed by atoms with E-state index in [0.717, 1.165) is 12.3 Å². The van der Waals surface area contributed by atoms with Gasteiger partial charge >= 0.3 is 0 Å². The third-order valence-corrected chi connectivity index (χ3v) is 9.51. The van der Waals surface area contributed by atoms with Crippen molar-refractivity contribution >= 4 is 28.5 Å². The molecule has 0 spiro atoms. The van der Waals surface area contributed by atoms with Crippen LogP contribution in [0, 0.1) is 0 Å². The Morgan fingerprint density at radius 3 is 1.43 bits per heavy atom. The number of nitrogens with one attached hydrogen (secondary N) is 2. The summed E-state index contributed by atoms with van der Waals surface area (Å²) in [6, 6.07) is 3.61. The van der Waals surface area contributed by atoms with E-state index in [1.54, 1.807) is 36.9 Å². The molecule has 9 heteroatoms. The molecule has 2 N–H and O–H groups in total. The van der Waals surface area contributed by atoms with Crippen molar-refractivity contribution < 1.29 is 4.12 Å². The van der Waals surface area contributed by atoms with E-state index in [0.29, 0.717) is 11.9 Å². The first-order valence-electron chi connectivity index (χ1n) is 7.58. The van der Waals surface area contributed by atoms with Crippen molar-refractivity contribution in [1.82, 2.24) is 19.9 Å². The highest BCUT2D eigenvalue weighted by Gasteiger charge is 2.33. The van der Waals surface area contributed by atoms with Gasteiger partial charge in [-0.05, 0) is 38.3 Å². The standard InChI is InChI=1S/C14H24N6OSi2/c1-22(2,11-19-13-15-7-5-8-16-13)21-23(3,4)12-20-14-17-9-6-10-18-14/h5-10H,11-12H2,1-4H3,(H,15,16,19)(H,17,18,20). The fourth-order valence-corrected chi connectivity index (χ4v) is 9.91. The molecule has 0 atom stereocenters. The van der Waals surface area contributed by atoms with Gasteiger partial charge in [0, 0.05) is 37.1 Å². The molecule has 0 radical (unpaired) electrons. The minimum atomic E-state index is -1.87. The molecular formula is C14H24N6OSi2. The number of hydrogen-bond acceptors (Lipinski definition) is 7. The fourth-order valence-electron chi connectivity index (χ4n) is 2.18. The van der Waals surface area contributed by atoms with Crippen molar-refractivity contribution in [1.29, 1.82) is 0 Å². The van der Waals surface area contributed by atoms with Gasteiger partial charge in [0.1, 0.15) is 0 Å². The lowest BCUT2D eigenvalue weighted by Gasteiger charge is -2.34. The van der Waals surface area contributed by atoms with Gasteiger partial charge < -0.3 is 14.7 Å². The van der Waals surface area contributed by atoms with Crippen molar-refractivity contribution in [3.8, 4) is 0 Å². The normalized spacial score (nSPS) is 12.0. The minimum Gasteiger partial charge on any atom is -0.453 e. The summed E-state index contributed by atoms with van der Waals surface area (Å²) in [5.41, 5.74) is 0. The van der Waals surface area contributed by atoms with E-state index < -0.39 is 16.6 Å². The summed E-state index contributed by atoms with van der Waals surface area (Å²) in [4.78, 5) is 16.7. The molecule has 0 fully saturated rings. The second kappa shape index (κ2) is 7.62. The molecule has 0 aliphatic heterocycles. The van der Waals surface area contributed by atoms with Gasteiger partial charge in [0.25, 0.3) is 0 Å². The van der Waals surface area contributed by atoms with Gasteiger partial charge in [0.05, 0.1) is 0 Å². The van der Waals surface area contributed by atoms with E-state index in [1.807, 2.05) is 0 Å². The lowest BCUT2D eigenvalue weighted by Crippen LogP contribution is -2.52. The lowest BCUT2D eigenvalue weighted by atomic mass is 10.7. The topological polar surface area (TPSA) is 84.9 Å². The molecule has 0 unspecified atom stereocenters. The Bertz CT molecular complexity index is 543. The van der Waals surface area contributed by atoms with Gasteiger partial charge in [-0.15, -0.1) is 0 Å². The maximum absolute atomic E-state index is 6.51. The molecule has 0 saturated carbocycles. The number of rotatable bonds is 8. The molecule has 0 amide bonds. The van der Waals surface area contributed by atoms with E-state index in [9.17, 15) is 0 Å². The molecule has 0 aliphatic rings. The van der Waals surface area contributed by atoms with E-state index in [4.69, 9.17) is 4.12 Å². The molecule has 0 aromatic carbocycles. The van der Waals surface area contributed by atoms with Crippen molar-refractivity contribution in [2.75, 3.05) is 23.0 Å². The van der Waals surface area contributed by atoms with Crippen LogP contribution in [-0.4, -0.2) is 48.9 Å². The zero-order chi connectivity index (χ0) is 16.8. The molecule has 23 heavy (non-hydrogen) atoms. The molecule has 2 rings (SSSR count). The Morgan fingerprint density at radius 2 is 1.09 bits per heavy atom. The summed E-state index contributed by atoms with van der Waals surface area (Å²) in [5, 5.41) is 6.55. The van der Waals surface area contributed by atoms with Crippen LogP contribution in [0.4, 0.5) is 11.9 Å². The Morgan fingerprint density at radius 1 is 0.739 bits per heavy atom. The summed E-state index contributed by atoms with van der Waals surface area (Å²) in [6.45, 7) is 8.82. The molecule has 2 heterocycles. The summed E-state index contributed by atoms with van der Waals surface area (Å²) in [5.74, 6) is 1.29. The average molecular weight is 349 g/mol. The van der Waals surface area contributed by atoms with Crippen molar-refractivity contribution in [2.24, 2.45) is 0 Å². The smallest absolute Gasteiger partial charge is 0.222 e. The van der Waals surface area contributed by atoms with Crippen molar-refractivity contribution in [3.05, 3.63) is 36.9 Å². The third kappa shape index (κ3) is 6.42. The summed E-state index contributed by atoms with van der Waals surface area (Å²) >= 11 is 0. The first-order valence-corrected chi connectivity index (χ1v) is 13.8. The van der Waals surface area contributed by atoms with Crippen LogP contribution in [0.1, 0.15) is 0 Å². The van der Waals surface area contributed by atoms with E-state index in [2.05, 4.69) is 56.8 Å². The first kappa shape index (κ1) is 17.5. The zero-order valence-corrected chi connectivity index (χ0v) is 16.1. The highest BCUT2D eigenvalue weighted by molar-refractivity contribution is 6.85. The van der Waals surface area contributed by atoms with E-state index >= 15 is 0 Å². The molecule has 7 nitrogen and oxygen atoms in total. The van der Waals surface area contributed by atoms with Crippen LogP contribution in [0.3, 0.4) is 0 Å². The minimum absolute atomic E-state index is 0.645. The van der Waals surface area contributed by atoms with Crippen LogP contribution in [0.25, 0.3) is 0 Å². The van der Waals surface area contributed by atoms with Crippen LogP contribution in [0.15, 0.2) is 36.9 Å². The highest BCUT2D eigenvalue weighted by Crippen LogP contribution is 2.15. The molecule has 0 aliphatic carbocycles. The van der Waals surface area contributed by atoms with E-state index in [-0.39, 0.29) is 0 Å². The van der Waals surface area contributed by atoms with Crippen molar-refractivity contribution in [3.63, 3.8) is 0 Å². The SMILES string of the molecule is C[Si](C)(CNc1ncccn1)O[Si](C)(C)CNc1ncccn1. The molecule has 124 valence electrons. The fraction of sp³-hybridized carbons (Fsp3) is 0.429.